The first-order valence-corrected chi connectivity index (χ1v) is 8.18. The molecule has 12 nitrogen and oxygen atoms in total. The Bertz CT molecular complexity index is 417. The van der Waals surface area contributed by atoms with Gasteiger partial charge < -0.3 is 40.3 Å². The summed E-state index contributed by atoms with van der Waals surface area (Å²) in [6, 6.07) is -1.48. The average Bonchev–Trinajstić information content (AvgIpc) is 2.25. The predicted octanol–water partition coefficient (Wildman–Crippen LogP) is -3.02. The van der Waals surface area contributed by atoms with Crippen molar-refractivity contribution in [1.29, 1.82) is 0 Å². The smallest absolute Gasteiger partial charge is 0.388 e. The van der Waals surface area contributed by atoms with Crippen molar-refractivity contribution >= 4 is 15.6 Å². The van der Waals surface area contributed by atoms with Gasteiger partial charge in [-0.15, -0.1) is 0 Å². The summed E-state index contributed by atoms with van der Waals surface area (Å²) in [6.07, 6.45) is -6.69. The lowest BCUT2D eigenvalue weighted by atomic mass is 9.98. The van der Waals surface area contributed by atoms with Gasteiger partial charge in [0.05, 0.1) is 12.6 Å². The van der Waals surface area contributed by atoms with Gasteiger partial charge in [-0.1, -0.05) is 0 Å². The largest absolute Gasteiger partial charge is 0.471 e. The number of aliphatic hydroxyl groups excluding tert-OH is 2. The van der Waals surface area contributed by atoms with Crippen molar-refractivity contribution in [2.45, 2.75) is 30.6 Å². The molecule has 0 unspecified atom stereocenters. The van der Waals surface area contributed by atoms with Crippen molar-refractivity contribution in [3.8, 4) is 0 Å². The van der Waals surface area contributed by atoms with E-state index in [9.17, 15) is 19.3 Å². The van der Waals surface area contributed by atoms with Crippen molar-refractivity contribution in [1.82, 2.24) is 0 Å². The Balaban J connectivity index is 2.76. The molecule has 0 amide bonds. The highest BCUT2D eigenvalue weighted by Gasteiger charge is 2.46. The van der Waals surface area contributed by atoms with E-state index in [2.05, 4.69) is 9.05 Å². The molecule has 0 bridgehead atoms. The summed E-state index contributed by atoms with van der Waals surface area (Å²) in [7, 11) is -9.84. The number of phosphoric ester groups is 2. The van der Waals surface area contributed by atoms with Gasteiger partial charge >= 0.3 is 15.6 Å². The maximum Gasteiger partial charge on any atom is 0.471 e. The Morgan fingerprint density at radius 3 is 2.05 bits per heavy atom. The third-order valence-electron chi connectivity index (χ3n) is 2.40. The van der Waals surface area contributed by atoms with Crippen LogP contribution in [-0.2, 0) is 22.9 Å². The number of rotatable bonds is 5. The van der Waals surface area contributed by atoms with Crippen molar-refractivity contribution in [2.75, 3.05) is 6.61 Å². The Kier molecular flexibility index (Phi) is 5.83. The molecule has 0 aromatic rings. The van der Waals surface area contributed by atoms with E-state index in [0.29, 0.717) is 0 Å². The van der Waals surface area contributed by atoms with Crippen molar-refractivity contribution < 1.29 is 52.7 Å². The first-order chi connectivity index (χ1) is 8.91. The lowest BCUT2D eigenvalue weighted by Gasteiger charge is -2.40. The topological polar surface area (TPSA) is 209 Å². The van der Waals surface area contributed by atoms with Crippen LogP contribution in [0.25, 0.3) is 0 Å². The van der Waals surface area contributed by atoms with Crippen LogP contribution < -0.4 is 5.73 Å². The average molecular weight is 339 g/mol. The van der Waals surface area contributed by atoms with Gasteiger partial charge in [-0.2, -0.15) is 0 Å². The van der Waals surface area contributed by atoms with Gasteiger partial charge in [0.2, 0.25) is 0 Å². The number of ether oxygens (including phenoxy) is 1. The molecular weight excluding hydrogens is 324 g/mol. The Hall–Kier alpha value is 0.0600. The molecule has 20 heavy (non-hydrogen) atoms. The van der Waals surface area contributed by atoms with Crippen LogP contribution in [0.5, 0.6) is 0 Å². The summed E-state index contributed by atoms with van der Waals surface area (Å²) < 4.78 is 34.3. The fraction of sp³-hybridized carbons (Fsp3) is 1.00. The van der Waals surface area contributed by atoms with E-state index in [0.717, 1.165) is 0 Å². The van der Waals surface area contributed by atoms with Gasteiger partial charge in [-0.25, -0.2) is 9.13 Å². The van der Waals surface area contributed by atoms with E-state index in [1.165, 1.54) is 0 Å². The van der Waals surface area contributed by atoms with Gasteiger partial charge in [-0.05, 0) is 0 Å². The lowest BCUT2D eigenvalue weighted by Crippen LogP contribution is -2.62. The first kappa shape index (κ1) is 18.1. The van der Waals surface area contributed by atoms with E-state index in [4.69, 9.17) is 30.0 Å². The normalized spacial score (nSPS) is 36.0. The molecule has 0 saturated carbocycles. The quantitative estimate of drug-likeness (QED) is 0.250. The first-order valence-electron chi connectivity index (χ1n) is 5.12. The fourth-order valence-electron chi connectivity index (χ4n) is 1.49. The molecule has 1 saturated heterocycles. The zero-order valence-corrected chi connectivity index (χ0v) is 11.6. The lowest BCUT2D eigenvalue weighted by molar-refractivity contribution is -0.242. The van der Waals surface area contributed by atoms with E-state index in [1.54, 1.807) is 0 Å². The van der Waals surface area contributed by atoms with Crippen LogP contribution in [-0.4, -0.2) is 67.0 Å². The van der Waals surface area contributed by atoms with Gasteiger partial charge in [0.1, 0.15) is 18.3 Å². The minimum Gasteiger partial charge on any atom is -0.388 e. The van der Waals surface area contributed by atoms with E-state index in [1.807, 2.05) is 0 Å². The maximum atomic E-state index is 10.7. The fourth-order valence-corrected chi connectivity index (χ4v) is 2.29. The van der Waals surface area contributed by atoms with E-state index < -0.39 is 52.9 Å². The third kappa shape index (κ3) is 5.45. The number of phosphoric acid groups is 2. The number of aliphatic hydroxyl groups is 2. The van der Waals surface area contributed by atoms with Gasteiger partial charge in [0, 0.05) is 0 Å². The second kappa shape index (κ2) is 6.44. The highest BCUT2D eigenvalue weighted by Crippen LogP contribution is 2.41. The second-order valence-corrected chi connectivity index (χ2v) is 6.42. The molecule has 1 aliphatic rings. The Morgan fingerprint density at radius 1 is 1.05 bits per heavy atom. The monoisotopic (exact) mass is 339 g/mol. The Morgan fingerprint density at radius 2 is 1.60 bits per heavy atom. The number of nitrogens with two attached hydrogens (primary N) is 1. The van der Waals surface area contributed by atoms with E-state index >= 15 is 0 Å². The van der Waals surface area contributed by atoms with Gasteiger partial charge in [0.25, 0.3) is 0 Å². The molecule has 5 atom stereocenters. The molecule has 0 radical (unpaired) electrons. The van der Waals surface area contributed by atoms with Gasteiger partial charge in [-0.3, -0.25) is 9.05 Å². The molecule has 14 heteroatoms. The zero-order chi connectivity index (χ0) is 15.7. The molecular formula is C6H15NO11P2. The standard InChI is InChI=1S/C6H15NO11P2/c7-3-5(9)4(8)2(1-16-19(10,11)12)17-6(3)18-20(13,14)15/h2-6,8-9H,1,7H2,(H2,10,11,12)(H2,13,14,15)/t2-,3-,4-,5-,6+/m1/s1. The SMILES string of the molecule is N[C@H]1[C@H](OP(=O)(O)O)O[C@H](COP(=O)(O)O)[C@@H](O)[C@@H]1O. The van der Waals surface area contributed by atoms with Crippen molar-refractivity contribution in [3.05, 3.63) is 0 Å². The summed E-state index contributed by atoms with van der Waals surface area (Å²) in [5.41, 5.74) is 5.37. The number of hydrogen-bond acceptors (Lipinski definition) is 8. The van der Waals surface area contributed by atoms with Crippen LogP contribution in [0.15, 0.2) is 0 Å². The second-order valence-electron chi connectivity index (χ2n) is 3.98. The van der Waals surface area contributed by atoms with E-state index in [-0.39, 0.29) is 0 Å². The molecule has 1 heterocycles. The Labute approximate surface area is 112 Å². The zero-order valence-electron chi connectivity index (χ0n) is 9.79. The van der Waals surface area contributed by atoms with Crippen molar-refractivity contribution in [2.24, 2.45) is 5.73 Å². The van der Waals surface area contributed by atoms with Gasteiger partial charge in [0.15, 0.2) is 6.29 Å². The summed E-state index contributed by atoms with van der Waals surface area (Å²) in [5, 5.41) is 19.2. The molecule has 0 aliphatic carbocycles. The molecule has 1 rings (SSSR count). The summed E-state index contributed by atoms with van der Waals surface area (Å²) >= 11 is 0. The summed E-state index contributed by atoms with van der Waals surface area (Å²) in [5.74, 6) is 0. The van der Waals surface area contributed by atoms with Crippen LogP contribution in [0.3, 0.4) is 0 Å². The summed E-state index contributed by atoms with van der Waals surface area (Å²) in [6.45, 7) is -0.851. The molecule has 1 aliphatic heterocycles. The van der Waals surface area contributed by atoms with Crippen LogP contribution in [0.1, 0.15) is 0 Å². The third-order valence-corrected chi connectivity index (χ3v) is 3.36. The van der Waals surface area contributed by atoms with Crippen LogP contribution in [0, 0.1) is 0 Å². The van der Waals surface area contributed by atoms with Crippen LogP contribution in [0.2, 0.25) is 0 Å². The minimum atomic E-state index is -4.99. The number of hydrogen-bond donors (Lipinski definition) is 7. The maximum absolute atomic E-state index is 10.7. The molecule has 120 valence electrons. The molecule has 0 aromatic carbocycles. The van der Waals surface area contributed by atoms with Crippen LogP contribution in [0.4, 0.5) is 0 Å². The van der Waals surface area contributed by atoms with Crippen molar-refractivity contribution in [3.63, 3.8) is 0 Å². The molecule has 1 fully saturated rings. The molecule has 8 N–H and O–H groups in total. The van der Waals surface area contributed by atoms with Crippen LogP contribution >= 0.6 is 15.6 Å². The minimum absolute atomic E-state index is 0.851. The summed E-state index contributed by atoms with van der Waals surface area (Å²) in [4.78, 5) is 34.3. The highest BCUT2D eigenvalue weighted by molar-refractivity contribution is 7.46. The molecule has 0 aromatic heterocycles. The molecule has 0 spiro atoms. The predicted molar refractivity (Wildman–Crippen MR) is 59.8 cm³/mol. The highest BCUT2D eigenvalue weighted by atomic mass is 31.2.